The lowest BCUT2D eigenvalue weighted by Crippen LogP contribution is -2.48. The van der Waals surface area contributed by atoms with Crippen molar-refractivity contribution in [2.45, 2.75) is 154 Å². The Balaban J connectivity index is 1.27. The van der Waals surface area contributed by atoms with Gasteiger partial charge in [-0.2, -0.15) is 0 Å². The summed E-state index contributed by atoms with van der Waals surface area (Å²) in [6, 6.07) is 0. The monoisotopic (exact) mass is 687 g/mol. The number of ether oxygens (including phenoxy) is 2. The fraction of sp³-hybridized carbons (Fsp3) is 0.805. The molecule has 0 aliphatic heterocycles. The second-order valence-electron chi connectivity index (χ2n) is 17.3. The number of hydrogen-bond acceptors (Lipinski definition) is 5. The number of rotatable bonds is 7. The number of H-pyrrole nitrogens is 1. The van der Waals surface area contributed by atoms with Crippen LogP contribution in [0.2, 0.25) is 0 Å². The molecule has 5 aliphatic rings. The summed E-state index contributed by atoms with van der Waals surface area (Å²) in [5.74, 6) is 4.52. The molecule has 5 fully saturated rings. The van der Waals surface area contributed by atoms with E-state index >= 15 is 0 Å². The summed E-state index contributed by atoms with van der Waals surface area (Å²) in [6.45, 7) is 10.5. The number of fused-ring (bicyclic) bond motifs is 1. The molecule has 2 aromatic heterocycles. The number of amides is 1. The zero-order chi connectivity index (χ0) is 34.8. The van der Waals surface area contributed by atoms with E-state index in [1.54, 1.807) is 18.6 Å². The van der Waals surface area contributed by atoms with Crippen LogP contribution < -0.4 is 4.74 Å². The summed E-state index contributed by atoms with van der Waals surface area (Å²) in [5, 5.41) is 3.37. The SMILES string of the molecule is [C-]#[N+]c1c(C(=O)OC2C(C3CCCCC3)CC(C3CCCCC3)CC2C2CCCCC2)c2nc(C3CCCC(C)C3)[nH]n2c1OC(=O)N(C)C. The average Bonchev–Trinajstić information content (AvgIpc) is 3.70. The normalized spacial score (nSPS) is 30.5. The maximum atomic E-state index is 14.8. The number of aromatic amines is 1. The molecular weight excluding hydrogens is 626 g/mol. The van der Waals surface area contributed by atoms with E-state index in [0.717, 1.165) is 43.8 Å². The van der Waals surface area contributed by atoms with Gasteiger partial charge in [0.15, 0.2) is 5.65 Å². The molecule has 9 nitrogen and oxygen atoms in total. The van der Waals surface area contributed by atoms with Crippen LogP contribution in [0.4, 0.5) is 10.5 Å². The van der Waals surface area contributed by atoms with Gasteiger partial charge in [-0.15, -0.1) is 0 Å². The van der Waals surface area contributed by atoms with Gasteiger partial charge >= 0.3 is 12.1 Å². The van der Waals surface area contributed by atoms with Crippen molar-refractivity contribution in [3.63, 3.8) is 0 Å². The van der Waals surface area contributed by atoms with Crippen molar-refractivity contribution in [2.75, 3.05) is 14.1 Å². The molecule has 2 heterocycles. The number of nitrogens with zero attached hydrogens (tertiary/aromatic N) is 4. The molecule has 9 heteroatoms. The Labute approximate surface area is 299 Å². The van der Waals surface area contributed by atoms with Gasteiger partial charge in [0, 0.05) is 20.0 Å². The Morgan fingerprint density at radius 3 is 1.90 bits per heavy atom. The Morgan fingerprint density at radius 2 is 1.36 bits per heavy atom. The molecule has 1 N–H and O–H groups in total. The number of carbonyl (C=O) groups is 2. The molecule has 0 bridgehead atoms. The number of aromatic nitrogens is 3. The third-order valence-corrected chi connectivity index (χ3v) is 13.8. The van der Waals surface area contributed by atoms with Crippen LogP contribution in [0.5, 0.6) is 5.88 Å². The summed E-state index contributed by atoms with van der Waals surface area (Å²) in [4.78, 5) is 37.9. The molecule has 5 aliphatic carbocycles. The largest absolute Gasteiger partial charge is 0.459 e. The molecule has 50 heavy (non-hydrogen) atoms. The van der Waals surface area contributed by atoms with Crippen LogP contribution in [0.1, 0.15) is 164 Å². The molecule has 0 spiro atoms. The first-order chi connectivity index (χ1) is 24.3. The molecular formula is C41H61N5O4. The van der Waals surface area contributed by atoms with Crippen LogP contribution in [0.15, 0.2) is 0 Å². The van der Waals surface area contributed by atoms with E-state index in [0.29, 0.717) is 41.2 Å². The third-order valence-electron chi connectivity index (χ3n) is 13.8. The standard InChI is InChI=1S/C41H61N5O4/c1-26-15-14-22-30(23-26)37-43-38-34(35(42-2)39(46(38)44-37)50-41(48)45(3)4)40(47)49-36-32(28-18-10-6-11-19-28)24-31(27-16-8-5-9-17-27)25-33(36)29-20-12-7-13-21-29/h26-33,36H,5-25H2,1,3-4H3,(H,43,44). The van der Waals surface area contributed by atoms with Crippen LogP contribution in [0, 0.1) is 48.0 Å². The second kappa shape index (κ2) is 15.7. The first-order valence-corrected chi connectivity index (χ1v) is 20.4. The van der Waals surface area contributed by atoms with Gasteiger partial charge < -0.3 is 14.4 Å². The molecule has 4 unspecified atom stereocenters. The van der Waals surface area contributed by atoms with Gasteiger partial charge in [0.05, 0.1) is 6.57 Å². The molecule has 7 rings (SSSR count). The Kier molecular flexibility index (Phi) is 11.1. The summed E-state index contributed by atoms with van der Waals surface area (Å²) in [7, 11) is 3.23. The first-order valence-electron chi connectivity index (χ1n) is 20.4. The van der Waals surface area contributed by atoms with Crippen LogP contribution >= 0.6 is 0 Å². The molecule has 2 aromatic rings. The van der Waals surface area contributed by atoms with Gasteiger partial charge in [-0.3, -0.25) is 5.10 Å². The first kappa shape index (κ1) is 35.4. The fourth-order valence-electron chi connectivity index (χ4n) is 11.2. The minimum atomic E-state index is -0.604. The average molecular weight is 688 g/mol. The quantitative estimate of drug-likeness (QED) is 0.231. The van der Waals surface area contributed by atoms with E-state index in [1.165, 1.54) is 108 Å². The molecule has 274 valence electrons. The number of nitrogens with one attached hydrogen (secondary N) is 1. The lowest BCUT2D eigenvalue weighted by Gasteiger charge is -2.50. The highest BCUT2D eigenvalue weighted by Gasteiger charge is 2.48. The lowest BCUT2D eigenvalue weighted by atomic mass is 9.58. The topological polar surface area (TPSA) is 93.3 Å². The molecule has 0 saturated heterocycles. The second-order valence-corrected chi connectivity index (χ2v) is 17.3. The van der Waals surface area contributed by atoms with Crippen molar-refractivity contribution < 1.29 is 19.1 Å². The predicted octanol–water partition coefficient (Wildman–Crippen LogP) is 10.5. The highest BCUT2D eigenvalue weighted by Crippen LogP contribution is 2.52. The lowest BCUT2D eigenvalue weighted by molar-refractivity contribution is -0.0855. The van der Waals surface area contributed by atoms with Crippen LogP contribution in [-0.2, 0) is 4.74 Å². The minimum Gasteiger partial charge on any atom is -0.459 e. The van der Waals surface area contributed by atoms with Crippen molar-refractivity contribution in [1.29, 1.82) is 0 Å². The third kappa shape index (κ3) is 7.33. The number of esters is 1. The number of hydrogen-bond donors (Lipinski definition) is 1. The van der Waals surface area contributed by atoms with Crippen molar-refractivity contribution in [1.82, 2.24) is 19.5 Å². The van der Waals surface area contributed by atoms with Gasteiger partial charge in [0.1, 0.15) is 17.5 Å². The summed E-state index contributed by atoms with van der Waals surface area (Å²) in [5.41, 5.74) is 0.494. The smallest absolute Gasteiger partial charge is 0.414 e. The Bertz CT molecular complexity index is 1490. The highest BCUT2D eigenvalue weighted by molar-refractivity contribution is 6.05. The van der Waals surface area contributed by atoms with Crippen LogP contribution in [0.25, 0.3) is 10.5 Å². The van der Waals surface area contributed by atoms with Gasteiger partial charge in [0.25, 0.3) is 5.69 Å². The van der Waals surface area contributed by atoms with Gasteiger partial charge in [-0.1, -0.05) is 116 Å². The zero-order valence-corrected chi connectivity index (χ0v) is 31.0. The van der Waals surface area contributed by atoms with E-state index in [4.69, 9.17) is 21.0 Å². The van der Waals surface area contributed by atoms with Crippen molar-refractivity contribution >= 4 is 23.4 Å². The molecule has 0 radical (unpaired) electrons. The van der Waals surface area contributed by atoms with Gasteiger partial charge in [-0.05, 0) is 67.1 Å². The fourth-order valence-corrected chi connectivity index (χ4v) is 11.2. The van der Waals surface area contributed by atoms with E-state index in [2.05, 4.69) is 16.9 Å². The van der Waals surface area contributed by atoms with Crippen LogP contribution in [-0.4, -0.2) is 51.8 Å². The van der Waals surface area contributed by atoms with E-state index in [9.17, 15) is 9.59 Å². The van der Waals surface area contributed by atoms with E-state index < -0.39 is 12.1 Å². The predicted molar refractivity (Wildman–Crippen MR) is 195 cm³/mol. The summed E-state index contributed by atoms with van der Waals surface area (Å²) < 4.78 is 14.3. The maximum Gasteiger partial charge on any atom is 0.414 e. The van der Waals surface area contributed by atoms with Crippen molar-refractivity contribution in [2.24, 2.45) is 41.4 Å². The minimum absolute atomic E-state index is 0.00633. The van der Waals surface area contributed by atoms with Crippen LogP contribution in [0.3, 0.4) is 0 Å². The highest BCUT2D eigenvalue weighted by atomic mass is 16.6. The van der Waals surface area contributed by atoms with Crippen molar-refractivity contribution in [3.05, 3.63) is 22.8 Å². The molecule has 0 aromatic carbocycles. The number of carbonyl (C=O) groups excluding carboxylic acids is 2. The maximum absolute atomic E-state index is 14.8. The molecule has 5 saturated carbocycles. The molecule has 1 amide bonds. The zero-order valence-electron chi connectivity index (χ0n) is 31.0. The molecule has 4 atom stereocenters. The van der Waals surface area contributed by atoms with Gasteiger partial charge in [0.2, 0.25) is 5.88 Å². The summed E-state index contributed by atoms with van der Waals surface area (Å²) >= 11 is 0. The van der Waals surface area contributed by atoms with E-state index in [1.807, 2.05) is 0 Å². The van der Waals surface area contributed by atoms with Gasteiger partial charge in [-0.25, -0.2) is 23.9 Å². The van der Waals surface area contributed by atoms with Crippen molar-refractivity contribution in [3.8, 4) is 5.88 Å². The Morgan fingerprint density at radius 1 is 0.780 bits per heavy atom. The summed E-state index contributed by atoms with van der Waals surface area (Å²) in [6.07, 6.45) is 25.3. The van der Waals surface area contributed by atoms with E-state index in [-0.39, 0.29) is 29.2 Å². The Hall–Kier alpha value is -3.02.